The number of fused-ring (bicyclic) bond motifs is 2. The van der Waals surface area contributed by atoms with E-state index in [4.69, 9.17) is 0 Å². The molecule has 4 nitrogen and oxygen atoms in total. The van der Waals surface area contributed by atoms with E-state index in [-0.39, 0.29) is 5.91 Å². The van der Waals surface area contributed by atoms with Crippen LogP contribution in [0, 0.1) is 0 Å². The molecule has 1 aromatic heterocycles. The molecule has 0 saturated heterocycles. The minimum atomic E-state index is 0.142. The second kappa shape index (κ2) is 8.27. The molecular formula is C26H31N3O. The molecule has 2 aliphatic rings. The number of amides is 1. The lowest BCUT2D eigenvalue weighted by atomic mass is 9.87. The molecule has 1 N–H and O–H groups in total. The summed E-state index contributed by atoms with van der Waals surface area (Å²) in [5.41, 5.74) is 4.73. The molecule has 0 spiro atoms. The van der Waals surface area contributed by atoms with Crippen molar-refractivity contribution >= 4 is 16.8 Å². The molecule has 2 unspecified atom stereocenters. The van der Waals surface area contributed by atoms with Gasteiger partial charge in [0.15, 0.2) is 0 Å². The average Bonchev–Trinajstić information content (AvgIpc) is 3.24. The first kappa shape index (κ1) is 19.4. The molecule has 0 radical (unpaired) electrons. The van der Waals surface area contributed by atoms with Gasteiger partial charge in [0, 0.05) is 42.6 Å². The molecule has 1 amide bonds. The first-order chi connectivity index (χ1) is 14.7. The monoisotopic (exact) mass is 401 g/mol. The number of aromatic amines is 1. The van der Waals surface area contributed by atoms with Gasteiger partial charge in [-0.15, -0.1) is 0 Å². The standard InChI is InChI=1S/C26H31N3O/c1-2-29(26(30)25-16-20-9-5-6-13-24(20)27-25)23-12-7-11-22(17-23)28-15-14-19-8-3-4-10-21(19)18-28/h3-6,8-10,13,16,22-23,27H,2,7,11-12,14-15,17-18H2,1H3. The molecule has 0 bridgehead atoms. The van der Waals surface area contributed by atoms with Crippen LogP contribution in [0.15, 0.2) is 54.6 Å². The van der Waals surface area contributed by atoms with Gasteiger partial charge in [-0.1, -0.05) is 42.5 Å². The van der Waals surface area contributed by atoms with Crippen molar-refractivity contribution in [2.45, 2.75) is 57.7 Å². The predicted molar refractivity (Wildman–Crippen MR) is 122 cm³/mol. The Hall–Kier alpha value is -2.59. The topological polar surface area (TPSA) is 39.3 Å². The summed E-state index contributed by atoms with van der Waals surface area (Å²) in [4.78, 5) is 21.5. The van der Waals surface area contributed by atoms with Gasteiger partial charge in [-0.05, 0) is 62.3 Å². The van der Waals surface area contributed by atoms with Crippen LogP contribution in [0.1, 0.15) is 54.2 Å². The van der Waals surface area contributed by atoms with Crippen LogP contribution in [0.4, 0.5) is 0 Å². The van der Waals surface area contributed by atoms with Crippen LogP contribution in [-0.2, 0) is 13.0 Å². The third kappa shape index (κ3) is 3.65. The highest BCUT2D eigenvalue weighted by Gasteiger charge is 2.33. The molecule has 1 aliphatic carbocycles. The Morgan fingerprint density at radius 3 is 2.73 bits per heavy atom. The molecule has 1 fully saturated rings. The van der Waals surface area contributed by atoms with Gasteiger partial charge in [-0.2, -0.15) is 0 Å². The van der Waals surface area contributed by atoms with Gasteiger partial charge in [-0.3, -0.25) is 9.69 Å². The first-order valence-corrected chi connectivity index (χ1v) is 11.4. The Kier molecular flexibility index (Phi) is 5.34. The average molecular weight is 402 g/mol. The predicted octanol–water partition coefficient (Wildman–Crippen LogP) is 5.00. The first-order valence-electron chi connectivity index (χ1n) is 11.4. The summed E-state index contributed by atoms with van der Waals surface area (Å²) in [7, 11) is 0. The Balaban J connectivity index is 1.31. The van der Waals surface area contributed by atoms with Gasteiger partial charge in [0.1, 0.15) is 5.69 Å². The molecule has 4 heteroatoms. The second-order valence-electron chi connectivity index (χ2n) is 8.82. The van der Waals surface area contributed by atoms with Crippen molar-refractivity contribution in [3.63, 3.8) is 0 Å². The number of rotatable bonds is 4. The van der Waals surface area contributed by atoms with Crippen molar-refractivity contribution in [1.82, 2.24) is 14.8 Å². The lowest BCUT2D eigenvalue weighted by molar-refractivity contribution is 0.0516. The van der Waals surface area contributed by atoms with E-state index >= 15 is 0 Å². The van der Waals surface area contributed by atoms with Crippen molar-refractivity contribution in [3.05, 3.63) is 71.4 Å². The molecule has 1 aliphatic heterocycles. The second-order valence-corrected chi connectivity index (χ2v) is 8.82. The van der Waals surface area contributed by atoms with Crippen molar-refractivity contribution in [2.75, 3.05) is 13.1 Å². The summed E-state index contributed by atoms with van der Waals surface area (Å²) in [5.74, 6) is 0.142. The highest BCUT2D eigenvalue weighted by atomic mass is 16.2. The summed E-state index contributed by atoms with van der Waals surface area (Å²) < 4.78 is 0. The number of nitrogens with zero attached hydrogens (tertiary/aromatic N) is 2. The Morgan fingerprint density at radius 1 is 1.10 bits per heavy atom. The van der Waals surface area contributed by atoms with E-state index in [1.807, 2.05) is 24.3 Å². The molecular weight excluding hydrogens is 370 g/mol. The van der Waals surface area contributed by atoms with Gasteiger partial charge in [-0.25, -0.2) is 0 Å². The number of hydrogen-bond acceptors (Lipinski definition) is 2. The minimum absolute atomic E-state index is 0.142. The van der Waals surface area contributed by atoms with E-state index in [1.54, 1.807) is 0 Å². The molecule has 2 aromatic carbocycles. The van der Waals surface area contributed by atoms with Crippen LogP contribution < -0.4 is 0 Å². The molecule has 2 atom stereocenters. The lowest BCUT2D eigenvalue weighted by Gasteiger charge is -2.43. The zero-order chi connectivity index (χ0) is 20.5. The Morgan fingerprint density at radius 2 is 1.90 bits per heavy atom. The van der Waals surface area contributed by atoms with Crippen LogP contribution in [0.5, 0.6) is 0 Å². The minimum Gasteiger partial charge on any atom is -0.351 e. The summed E-state index contributed by atoms with van der Waals surface area (Å²) in [6.07, 6.45) is 5.78. The van der Waals surface area contributed by atoms with Crippen molar-refractivity contribution in [3.8, 4) is 0 Å². The van der Waals surface area contributed by atoms with Crippen LogP contribution in [0.25, 0.3) is 10.9 Å². The van der Waals surface area contributed by atoms with Crippen LogP contribution in [0.3, 0.4) is 0 Å². The third-order valence-electron chi connectivity index (χ3n) is 7.10. The maximum Gasteiger partial charge on any atom is 0.270 e. The molecule has 30 heavy (non-hydrogen) atoms. The smallest absolute Gasteiger partial charge is 0.270 e. The summed E-state index contributed by atoms with van der Waals surface area (Å²) in [6, 6.07) is 19.9. The fourth-order valence-corrected chi connectivity index (χ4v) is 5.49. The number of carbonyl (C=O) groups is 1. The van der Waals surface area contributed by atoms with Gasteiger partial charge in [0.25, 0.3) is 5.91 Å². The van der Waals surface area contributed by atoms with Crippen molar-refractivity contribution < 1.29 is 4.79 Å². The summed E-state index contributed by atoms with van der Waals surface area (Å²) in [5, 5.41) is 1.10. The van der Waals surface area contributed by atoms with Crippen molar-refractivity contribution in [1.29, 1.82) is 0 Å². The maximum absolute atomic E-state index is 13.4. The molecule has 2 heterocycles. The fourth-order valence-electron chi connectivity index (χ4n) is 5.49. The SMILES string of the molecule is CCN(C(=O)c1cc2ccccc2[nH]1)C1CCCC(N2CCc3ccccc3C2)C1. The lowest BCUT2D eigenvalue weighted by Crippen LogP contribution is -2.49. The van der Waals surface area contributed by atoms with E-state index in [2.05, 4.69) is 52.0 Å². The van der Waals surface area contributed by atoms with Gasteiger partial charge >= 0.3 is 0 Å². The zero-order valence-corrected chi connectivity index (χ0v) is 17.8. The summed E-state index contributed by atoms with van der Waals surface area (Å²) >= 11 is 0. The highest BCUT2D eigenvalue weighted by molar-refractivity contribution is 5.98. The van der Waals surface area contributed by atoms with E-state index in [9.17, 15) is 4.79 Å². The van der Waals surface area contributed by atoms with Gasteiger partial charge in [0.05, 0.1) is 0 Å². The third-order valence-corrected chi connectivity index (χ3v) is 7.10. The Labute approximate surface area is 178 Å². The molecule has 5 rings (SSSR count). The van der Waals surface area contributed by atoms with Gasteiger partial charge in [0.2, 0.25) is 0 Å². The van der Waals surface area contributed by atoms with Crippen LogP contribution >= 0.6 is 0 Å². The van der Waals surface area contributed by atoms with E-state index in [0.717, 1.165) is 49.8 Å². The summed E-state index contributed by atoms with van der Waals surface area (Å²) in [6.45, 7) is 5.06. The Bertz CT molecular complexity index is 1010. The highest BCUT2D eigenvalue weighted by Crippen LogP contribution is 2.31. The van der Waals surface area contributed by atoms with E-state index < -0.39 is 0 Å². The number of para-hydroxylation sites is 1. The fraction of sp³-hybridized carbons (Fsp3) is 0.423. The molecule has 1 saturated carbocycles. The molecule has 156 valence electrons. The number of H-pyrrole nitrogens is 1. The number of nitrogens with one attached hydrogen (secondary N) is 1. The number of carbonyl (C=O) groups excluding carboxylic acids is 1. The maximum atomic E-state index is 13.4. The largest absolute Gasteiger partial charge is 0.351 e. The molecule has 3 aromatic rings. The zero-order valence-electron chi connectivity index (χ0n) is 17.8. The number of benzene rings is 2. The van der Waals surface area contributed by atoms with Crippen LogP contribution in [-0.4, -0.2) is 45.9 Å². The number of aromatic nitrogens is 1. The van der Waals surface area contributed by atoms with Crippen LogP contribution in [0.2, 0.25) is 0 Å². The van der Waals surface area contributed by atoms with Gasteiger partial charge < -0.3 is 9.88 Å². The number of hydrogen-bond donors (Lipinski definition) is 1. The van der Waals surface area contributed by atoms with E-state index in [1.165, 1.54) is 24.0 Å². The van der Waals surface area contributed by atoms with Crippen molar-refractivity contribution in [2.24, 2.45) is 0 Å². The van der Waals surface area contributed by atoms with E-state index in [0.29, 0.717) is 17.8 Å². The quantitative estimate of drug-likeness (QED) is 0.668. The normalized spacial score (nSPS) is 22.0.